The first kappa shape index (κ1) is 19.6. The van der Waals surface area contributed by atoms with Gasteiger partial charge in [-0.05, 0) is 51.4 Å². The molecule has 0 N–H and O–H groups in total. The van der Waals surface area contributed by atoms with E-state index in [9.17, 15) is 0 Å². The molecule has 3 nitrogen and oxygen atoms in total. The van der Waals surface area contributed by atoms with Crippen LogP contribution in [-0.2, 0) is 14.2 Å². The Labute approximate surface area is 155 Å². The lowest BCUT2D eigenvalue weighted by Gasteiger charge is -2.45. The van der Waals surface area contributed by atoms with E-state index >= 15 is 0 Å². The number of rotatable bonds is 6. The molecule has 3 aliphatic rings. The third-order valence-electron chi connectivity index (χ3n) is 6.47. The zero-order valence-corrected chi connectivity index (χ0v) is 17.0. The van der Waals surface area contributed by atoms with Crippen molar-refractivity contribution in [3.63, 3.8) is 0 Å². The van der Waals surface area contributed by atoms with Crippen molar-refractivity contribution in [2.75, 3.05) is 0 Å². The Balaban J connectivity index is 1.80. The Hall–Kier alpha value is -0.120. The molecular formula is C22H40O3. The normalized spacial score (nSPS) is 30.8. The van der Waals surface area contributed by atoms with Crippen LogP contribution in [-0.4, -0.2) is 30.2 Å². The van der Waals surface area contributed by atoms with Gasteiger partial charge in [-0.3, -0.25) is 0 Å². The fourth-order valence-corrected chi connectivity index (χ4v) is 5.11. The second kappa shape index (κ2) is 8.27. The first-order chi connectivity index (χ1) is 11.9. The lowest BCUT2D eigenvalue weighted by Crippen LogP contribution is -2.53. The van der Waals surface area contributed by atoms with Gasteiger partial charge in [0.1, 0.15) is 6.10 Å². The van der Waals surface area contributed by atoms with Crippen LogP contribution in [0.3, 0.4) is 0 Å². The van der Waals surface area contributed by atoms with E-state index in [0.29, 0.717) is 12.2 Å². The smallest absolute Gasteiger partial charge is 0.195 e. The summed E-state index contributed by atoms with van der Waals surface area (Å²) in [6, 6.07) is 0. The van der Waals surface area contributed by atoms with Gasteiger partial charge in [-0.25, -0.2) is 0 Å². The van der Waals surface area contributed by atoms with Gasteiger partial charge in [-0.2, -0.15) is 0 Å². The summed E-state index contributed by atoms with van der Waals surface area (Å²) in [6.45, 7) is 8.94. The van der Waals surface area contributed by atoms with E-state index in [1.165, 1.54) is 64.2 Å². The first-order valence-electron chi connectivity index (χ1n) is 10.9. The molecule has 3 fully saturated rings. The van der Waals surface area contributed by atoms with Gasteiger partial charge in [-0.1, -0.05) is 52.4 Å². The highest BCUT2D eigenvalue weighted by molar-refractivity contribution is 5.01. The molecule has 0 aliphatic heterocycles. The van der Waals surface area contributed by atoms with Crippen molar-refractivity contribution in [3.8, 4) is 0 Å². The summed E-state index contributed by atoms with van der Waals surface area (Å²) in [7, 11) is 0. The molecular weight excluding hydrogens is 312 g/mol. The molecule has 3 aliphatic carbocycles. The Bertz CT molecular complexity index is 385. The fourth-order valence-electron chi connectivity index (χ4n) is 5.11. The summed E-state index contributed by atoms with van der Waals surface area (Å²) in [5.41, 5.74) is 0.105. The third kappa shape index (κ3) is 4.78. The second-order valence-corrected chi connectivity index (χ2v) is 9.62. The second-order valence-electron chi connectivity index (χ2n) is 9.62. The fraction of sp³-hybridized carbons (Fsp3) is 1.00. The number of ether oxygens (including phenoxy) is 3. The van der Waals surface area contributed by atoms with Crippen LogP contribution in [0.1, 0.15) is 105 Å². The molecule has 0 aromatic carbocycles. The Morgan fingerprint density at radius 1 is 0.720 bits per heavy atom. The molecule has 0 aromatic heterocycles. The van der Waals surface area contributed by atoms with Crippen molar-refractivity contribution in [1.29, 1.82) is 0 Å². The quantitative estimate of drug-likeness (QED) is 0.549. The van der Waals surface area contributed by atoms with Gasteiger partial charge in [0.2, 0.25) is 0 Å². The van der Waals surface area contributed by atoms with E-state index in [0.717, 1.165) is 12.8 Å². The molecule has 0 radical (unpaired) electrons. The molecule has 146 valence electrons. The molecule has 0 saturated heterocycles. The van der Waals surface area contributed by atoms with Gasteiger partial charge < -0.3 is 14.2 Å². The van der Waals surface area contributed by atoms with Crippen molar-refractivity contribution in [3.05, 3.63) is 0 Å². The summed E-state index contributed by atoms with van der Waals surface area (Å²) >= 11 is 0. The van der Waals surface area contributed by atoms with E-state index in [1.54, 1.807) is 0 Å². The summed E-state index contributed by atoms with van der Waals surface area (Å²) in [5, 5.41) is 0. The molecule has 0 heterocycles. The largest absolute Gasteiger partial charge is 0.369 e. The van der Waals surface area contributed by atoms with Crippen LogP contribution < -0.4 is 0 Å². The maximum atomic E-state index is 6.84. The van der Waals surface area contributed by atoms with Crippen LogP contribution in [0.25, 0.3) is 0 Å². The van der Waals surface area contributed by atoms with E-state index in [2.05, 4.69) is 27.7 Å². The Kier molecular flexibility index (Phi) is 6.50. The molecule has 3 heteroatoms. The van der Waals surface area contributed by atoms with Gasteiger partial charge in [0.25, 0.3) is 0 Å². The van der Waals surface area contributed by atoms with Crippen LogP contribution in [0.4, 0.5) is 0 Å². The van der Waals surface area contributed by atoms with Crippen molar-refractivity contribution in [2.45, 2.75) is 135 Å². The predicted octanol–water partition coefficient (Wildman–Crippen LogP) is 5.99. The van der Waals surface area contributed by atoms with E-state index < -0.39 is 5.79 Å². The molecule has 1 atom stereocenters. The van der Waals surface area contributed by atoms with Crippen LogP contribution in [0.2, 0.25) is 0 Å². The summed E-state index contributed by atoms with van der Waals surface area (Å²) in [5.74, 6) is -0.530. The minimum Gasteiger partial charge on any atom is -0.369 e. The van der Waals surface area contributed by atoms with Crippen molar-refractivity contribution in [2.24, 2.45) is 5.41 Å². The summed E-state index contributed by atoms with van der Waals surface area (Å²) < 4.78 is 20.2. The molecule has 0 spiro atoms. The van der Waals surface area contributed by atoms with Gasteiger partial charge >= 0.3 is 0 Å². The number of hydrogen-bond acceptors (Lipinski definition) is 3. The van der Waals surface area contributed by atoms with Gasteiger partial charge in [0, 0.05) is 6.42 Å². The maximum absolute atomic E-state index is 6.84. The minimum absolute atomic E-state index is 0.0313. The predicted molar refractivity (Wildman–Crippen MR) is 102 cm³/mol. The molecule has 0 bridgehead atoms. The van der Waals surface area contributed by atoms with E-state index in [1.807, 2.05) is 0 Å². The van der Waals surface area contributed by atoms with Gasteiger partial charge in [0.05, 0.1) is 18.3 Å². The zero-order valence-electron chi connectivity index (χ0n) is 17.0. The molecule has 3 saturated carbocycles. The van der Waals surface area contributed by atoms with Crippen molar-refractivity contribution < 1.29 is 14.2 Å². The van der Waals surface area contributed by atoms with Crippen LogP contribution in [0.5, 0.6) is 0 Å². The van der Waals surface area contributed by atoms with Crippen molar-refractivity contribution >= 4 is 0 Å². The highest BCUT2D eigenvalue weighted by atomic mass is 16.7. The zero-order chi connectivity index (χ0) is 17.9. The van der Waals surface area contributed by atoms with Crippen LogP contribution >= 0.6 is 0 Å². The van der Waals surface area contributed by atoms with E-state index in [4.69, 9.17) is 14.2 Å². The Morgan fingerprint density at radius 3 is 1.64 bits per heavy atom. The van der Waals surface area contributed by atoms with Crippen molar-refractivity contribution in [1.82, 2.24) is 0 Å². The SMILES string of the molecule is CC(C)OC1C(C)(C)CCC1(OC1CCCCC1)OC1CCCCC1. The highest BCUT2D eigenvalue weighted by Gasteiger charge is 2.57. The lowest BCUT2D eigenvalue weighted by atomic mass is 9.87. The third-order valence-corrected chi connectivity index (χ3v) is 6.47. The molecule has 3 rings (SSSR count). The molecule has 0 amide bonds. The maximum Gasteiger partial charge on any atom is 0.195 e. The average molecular weight is 353 g/mol. The minimum atomic E-state index is -0.530. The number of hydrogen-bond donors (Lipinski definition) is 0. The van der Waals surface area contributed by atoms with Gasteiger partial charge in [0.15, 0.2) is 5.79 Å². The van der Waals surface area contributed by atoms with Crippen LogP contribution in [0.15, 0.2) is 0 Å². The highest BCUT2D eigenvalue weighted by Crippen LogP contribution is 2.51. The summed E-state index contributed by atoms with van der Waals surface area (Å²) in [4.78, 5) is 0. The van der Waals surface area contributed by atoms with Gasteiger partial charge in [-0.15, -0.1) is 0 Å². The standard InChI is InChI=1S/C22H40O3/c1-17(2)23-20-21(3,4)15-16-22(20,24-18-11-7-5-8-12-18)25-19-13-9-6-10-14-19/h17-20H,5-16H2,1-4H3. The summed E-state index contributed by atoms with van der Waals surface area (Å²) in [6.07, 6.45) is 15.7. The molecule has 25 heavy (non-hydrogen) atoms. The average Bonchev–Trinajstić information content (AvgIpc) is 2.81. The van der Waals surface area contributed by atoms with E-state index in [-0.39, 0.29) is 17.6 Å². The monoisotopic (exact) mass is 352 g/mol. The van der Waals surface area contributed by atoms with Crippen LogP contribution in [0, 0.1) is 5.41 Å². The molecule has 0 aromatic rings. The molecule has 1 unspecified atom stereocenters. The lowest BCUT2D eigenvalue weighted by molar-refractivity contribution is -0.330. The Morgan fingerprint density at radius 2 is 1.20 bits per heavy atom. The topological polar surface area (TPSA) is 27.7 Å². The first-order valence-corrected chi connectivity index (χ1v) is 10.9.